The van der Waals surface area contributed by atoms with Crippen LogP contribution >= 0.6 is 11.6 Å². The molecule has 6 nitrogen and oxygen atoms in total. The summed E-state index contributed by atoms with van der Waals surface area (Å²) in [4.78, 5) is 13.6. The van der Waals surface area contributed by atoms with E-state index in [1.54, 1.807) is 0 Å². The van der Waals surface area contributed by atoms with Crippen LogP contribution < -0.4 is 5.32 Å². The van der Waals surface area contributed by atoms with Crippen LogP contribution in [0.25, 0.3) is 0 Å². The first-order chi connectivity index (χ1) is 8.35. The second-order valence-corrected chi connectivity index (χ2v) is 7.66. The van der Waals surface area contributed by atoms with Gasteiger partial charge in [-0.15, -0.1) is 11.6 Å². The fraction of sp³-hybridized carbons (Fsp3) is 0.900. The van der Waals surface area contributed by atoms with Crippen LogP contribution in [0.4, 0.5) is 0 Å². The molecule has 0 saturated carbocycles. The van der Waals surface area contributed by atoms with Gasteiger partial charge in [0.25, 0.3) is 0 Å². The fourth-order valence-corrected chi connectivity index (χ4v) is 4.90. The second kappa shape index (κ2) is 5.32. The number of halogens is 1. The minimum atomic E-state index is -3.13. The molecule has 0 bridgehead atoms. The number of sulfone groups is 1. The number of rotatable bonds is 3. The van der Waals surface area contributed by atoms with Crippen molar-refractivity contribution in [1.29, 1.82) is 0 Å². The lowest BCUT2D eigenvalue weighted by molar-refractivity contribution is -0.122. The molecular weight excluding hydrogens is 280 g/mol. The van der Waals surface area contributed by atoms with Crippen molar-refractivity contribution in [1.82, 2.24) is 10.2 Å². The third kappa shape index (κ3) is 3.57. The van der Waals surface area contributed by atoms with Crippen LogP contribution in [0.2, 0.25) is 0 Å². The molecular formula is C10H17ClN2O4S. The molecule has 2 rings (SSSR count). The van der Waals surface area contributed by atoms with Crippen molar-refractivity contribution in [2.75, 3.05) is 31.1 Å². The summed E-state index contributed by atoms with van der Waals surface area (Å²) in [5, 5.41) is 11.4. The third-order valence-electron chi connectivity index (χ3n) is 3.24. The topological polar surface area (TPSA) is 86.7 Å². The summed E-state index contributed by atoms with van der Waals surface area (Å²) >= 11 is 5.90. The van der Waals surface area contributed by atoms with Gasteiger partial charge in [0, 0.05) is 13.1 Å². The first kappa shape index (κ1) is 14.0. The van der Waals surface area contributed by atoms with Gasteiger partial charge in [-0.25, -0.2) is 8.42 Å². The standard InChI is InChI=1S/C10H17ClN2O4S/c11-8-5-18(16,17)6-9(8)12-10(15)4-13-2-1-7(14)3-13/h7-9,14H,1-6H2,(H,12,15)/t7-,8?,9?/m0/s1. The van der Waals surface area contributed by atoms with Gasteiger partial charge in [0.1, 0.15) is 0 Å². The van der Waals surface area contributed by atoms with Crippen LogP contribution in [0.1, 0.15) is 6.42 Å². The highest BCUT2D eigenvalue weighted by Crippen LogP contribution is 2.18. The first-order valence-electron chi connectivity index (χ1n) is 5.90. The highest BCUT2D eigenvalue weighted by Gasteiger charge is 2.37. The molecule has 0 aromatic carbocycles. The number of amides is 1. The zero-order valence-corrected chi connectivity index (χ0v) is 11.5. The van der Waals surface area contributed by atoms with Gasteiger partial charge in [-0.05, 0) is 6.42 Å². The van der Waals surface area contributed by atoms with E-state index in [4.69, 9.17) is 11.6 Å². The minimum absolute atomic E-state index is 0.0814. The molecule has 2 saturated heterocycles. The monoisotopic (exact) mass is 296 g/mol. The highest BCUT2D eigenvalue weighted by atomic mass is 35.5. The Labute approximate surface area is 111 Å². The molecule has 0 aromatic heterocycles. The van der Waals surface area contributed by atoms with E-state index in [2.05, 4.69) is 5.32 Å². The zero-order chi connectivity index (χ0) is 13.3. The van der Waals surface area contributed by atoms with Crippen molar-refractivity contribution < 1.29 is 18.3 Å². The molecule has 2 unspecified atom stereocenters. The lowest BCUT2D eigenvalue weighted by Crippen LogP contribution is -2.45. The number of nitrogens with zero attached hydrogens (tertiary/aromatic N) is 1. The Morgan fingerprint density at radius 1 is 1.44 bits per heavy atom. The van der Waals surface area contributed by atoms with Gasteiger partial charge >= 0.3 is 0 Å². The molecule has 8 heteroatoms. The minimum Gasteiger partial charge on any atom is -0.392 e. The summed E-state index contributed by atoms with van der Waals surface area (Å²) in [7, 11) is -3.13. The molecule has 2 heterocycles. The Bertz CT molecular complexity index is 428. The number of likely N-dealkylation sites (tertiary alicyclic amines) is 1. The zero-order valence-electron chi connectivity index (χ0n) is 9.88. The molecule has 0 spiro atoms. The Hall–Kier alpha value is -0.370. The van der Waals surface area contributed by atoms with Gasteiger partial charge in [0.2, 0.25) is 5.91 Å². The normalized spacial score (nSPS) is 35.8. The van der Waals surface area contributed by atoms with Gasteiger partial charge < -0.3 is 10.4 Å². The maximum Gasteiger partial charge on any atom is 0.234 e. The molecule has 104 valence electrons. The van der Waals surface area contributed by atoms with Crippen LogP contribution in [-0.2, 0) is 14.6 Å². The number of hydrogen-bond acceptors (Lipinski definition) is 5. The van der Waals surface area contributed by atoms with Gasteiger partial charge in [-0.2, -0.15) is 0 Å². The van der Waals surface area contributed by atoms with Crippen LogP contribution in [0.3, 0.4) is 0 Å². The van der Waals surface area contributed by atoms with Crippen molar-refractivity contribution in [2.45, 2.75) is 23.9 Å². The van der Waals surface area contributed by atoms with Crippen molar-refractivity contribution >= 4 is 27.3 Å². The lowest BCUT2D eigenvalue weighted by Gasteiger charge is -2.18. The number of carbonyl (C=O) groups excluding carboxylic acids is 1. The van der Waals surface area contributed by atoms with E-state index in [1.807, 2.05) is 4.90 Å². The van der Waals surface area contributed by atoms with E-state index in [-0.39, 0.29) is 30.1 Å². The summed E-state index contributed by atoms with van der Waals surface area (Å²) in [5.41, 5.74) is 0. The van der Waals surface area contributed by atoms with Crippen molar-refractivity contribution in [3.05, 3.63) is 0 Å². The molecule has 2 aliphatic heterocycles. The van der Waals surface area contributed by atoms with Gasteiger partial charge in [-0.1, -0.05) is 0 Å². The summed E-state index contributed by atoms with van der Waals surface area (Å²) in [6.07, 6.45) is 0.300. The maximum atomic E-state index is 11.7. The average molecular weight is 297 g/mol. The van der Waals surface area contributed by atoms with E-state index < -0.39 is 21.3 Å². The van der Waals surface area contributed by atoms with E-state index in [9.17, 15) is 18.3 Å². The number of β-amino-alcohol motifs (C(OH)–C–C–N with tert-alkyl or cyclic N) is 1. The van der Waals surface area contributed by atoms with E-state index in [0.717, 1.165) is 0 Å². The van der Waals surface area contributed by atoms with Crippen LogP contribution in [0.5, 0.6) is 0 Å². The SMILES string of the molecule is O=C(CN1CC[C@H](O)C1)NC1CS(=O)(=O)CC1Cl. The molecule has 0 aliphatic carbocycles. The quantitative estimate of drug-likeness (QED) is 0.624. The summed E-state index contributed by atoms with van der Waals surface area (Å²) < 4.78 is 22.7. The Morgan fingerprint density at radius 2 is 2.17 bits per heavy atom. The Morgan fingerprint density at radius 3 is 2.67 bits per heavy atom. The third-order valence-corrected chi connectivity index (χ3v) is 5.62. The van der Waals surface area contributed by atoms with Crippen molar-refractivity contribution in [3.63, 3.8) is 0 Å². The highest BCUT2D eigenvalue weighted by molar-refractivity contribution is 7.91. The van der Waals surface area contributed by atoms with Crippen LogP contribution in [0.15, 0.2) is 0 Å². The number of alkyl halides is 1. The van der Waals surface area contributed by atoms with Crippen molar-refractivity contribution in [2.24, 2.45) is 0 Å². The van der Waals surface area contributed by atoms with E-state index >= 15 is 0 Å². The van der Waals surface area contributed by atoms with E-state index in [1.165, 1.54) is 0 Å². The molecule has 2 fully saturated rings. The predicted octanol–water partition coefficient (Wildman–Crippen LogP) is -1.43. The van der Waals surface area contributed by atoms with Gasteiger partial charge in [-0.3, -0.25) is 9.69 Å². The van der Waals surface area contributed by atoms with Crippen LogP contribution in [0, 0.1) is 0 Å². The van der Waals surface area contributed by atoms with Gasteiger partial charge in [0.15, 0.2) is 9.84 Å². The molecule has 2 N–H and O–H groups in total. The molecule has 1 amide bonds. The molecule has 2 aliphatic rings. The molecule has 18 heavy (non-hydrogen) atoms. The number of aliphatic hydroxyl groups is 1. The van der Waals surface area contributed by atoms with Crippen molar-refractivity contribution in [3.8, 4) is 0 Å². The molecule has 3 atom stereocenters. The first-order valence-corrected chi connectivity index (χ1v) is 8.16. The summed E-state index contributed by atoms with van der Waals surface area (Å²) in [6.45, 7) is 1.35. The number of aliphatic hydroxyl groups excluding tert-OH is 1. The maximum absolute atomic E-state index is 11.7. The second-order valence-electron chi connectivity index (χ2n) is 4.94. The summed E-state index contributed by atoms with van der Waals surface area (Å²) in [5.74, 6) is -0.408. The number of nitrogens with one attached hydrogen (secondary N) is 1. The predicted molar refractivity (Wildman–Crippen MR) is 67.3 cm³/mol. The molecule has 0 radical (unpaired) electrons. The fourth-order valence-electron chi connectivity index (χ4n) is 2.35. The van der Waals surface area contributed by atoms with E-state index in [0.29, 0.717) is 19.5 Å². The Balaban J connectivity index is 1.81. The Kier molecular flexibility index (Phi) is 4.15. The largest absolute Gasteiger partial charge is 0.392 e. The smallest absolute Gasteiger partial charge is 0.234 e. The number of hydrogen-bond donors (Lipinski definition) is 2. The van der Waals surface area contributed by atoms with Gasteiger partial charge in [0.05, 0.1) is 35.6 Å². The lowest BCUT2D eigenvalue weighted by atomic mass is 10.2. The molecule has 0 aromatic rings. The summed E-state index contributed by atoms with van der Waals surface area (Å²) in [6, 6.07) is -0.503. The number of carbonyl (C=O) groups is 1. The average Bonchev–Trinajstić information content (AvgIpc) is 2.71. The van der Waals surface area contributed by atoms with Crippen LogP contribution in [-0.4, -0.2) is 73.0 Å².